The fourth-order valence-corrected chi connectivity index (χ4v) is 5.14. The molecule has 0 aliphatic carbocycles. The van der Waals surface area contributed by atoms with Crippen molar-refractivity contribution in [3.8, 4) is 23.0 Å². The second kappa shape index (κ2) is 10.6. The summed E-state index contributed by atoms with van der Waals surface area (Å²) in [6, 6.07) is 17.1. The maximum atomic E-state index is 13.6. The predicted octanol–water partition coefficient (Wildman–Crippen LogP) is 5.74. The van der Waals surface area contributed by atoms with Crippen LogP contribution >= 0.6 is 0 Å². The number of amides is 1. The molecule has 8 nitrogen and oxygen atoms in total. The van der Waals surface area contributed by atoms with Gasteiger partial charge < -0.3 is 29.0 Å². The van der Waals surface area contributed by atoms with Gasteiger partial charge in [0.05, 0.1) is 25.3 Å². The molecular formula is C32H33NO7. The molecule has 1 unspecified atom stereocenters. The van der Waals surface area contributed by atoms with E-state index in [1.54, 1.807) is 49.6 Å². The maximum absolute atomic E-state index is 13.6. The van der Waals surface area contributed by atoms with Gasteiger partial charge in [0.2, 0.25) is 6.79 Å². The number of rotatable bonds is 7. The number of carbonyl (C=O) groups excluding carboxylic acids is 2. The van der Waals surface area contributed by atoms with Gasteiger partial charge in [0.1, 0.15) is 17.3 Å². The molecule has 0 radical (unpaired) electrons. The van der Waals surface area contributed by atoms with E-state index in [9.17, 15) is 14.7 Å². The van der Waals surface area contributed by atoms with Gasteiger partial charge in [-0.05, 0) is 65.9 Å². The van der Waals surface area contributed by atoms with Gasteiger partial charge in [-0.25, -0.2) is 0 Å². The number of aliphatic hydroxyl groups is 1. The van der Waals surface area contributed by atoms with Crippen molar-refractivity contribution in [1.29, 1.82) is 0 Å². The lowest BCUT2D eigenvalue weighted by Crippen LogP contribution is -2.29. The Kier molecular flexibility index (Phi) is 7.19. The fraction of sp³-hybridized carbons (Fsp3) is 0.312. The zero-order chi connectivity index (χ0) is 28.6. The summed E-state index contributed by atoms with van der Waals surface area (Å²) in [5.41, 5.74) is 2.44. The molecule has 0 aromatic heterocycles. The first-order valence-corrected chi connectivity index (χ1v) is 13.2. The average Bonchev–Trinajstić information content (AvgIpc) is 3.50. The molecule has 5 rings (SSSR count). The average molecular weight is 544 g/mol. The van der Waals surface area contributed by atoms with E-state index in [0.717, 1.165) is 11.1 Å². The summed E-state index contributed by atoms with van der Waals surface area (Å²) in [6.45, 7) is 8.81. The normalized spacial score (nSPS) is 17.8. The number of aliphatic hydroxyl groups excluding tert-OH is 1. The maximum Gasteiger partial charge on any atom is 0.295 e. The molecule has 1 amide bonds. The van der Waals surface area contributed by atoms with Crippen LogP contribution in [0.2, 0.25) is 0 Å². The van der Waals surface area contributed by atoms with E-state index in [-0.39, 0.29) is 30.1 Å². The third-order valence-electron chi connectivity index (χ3n) is 7.10. The number of Topliss-reactive ketones (excluding diaryl/α,β-unsaturated/α-hetero) is 1. The second-order valence-corrected chi connectivity index (χ2v) is 10.8. The van der Waals surface area contributed by atoms with Crippen molar-refractivity contribution in [2.45, 2.75) is 45.7 Å². The minimum absolute atomic E-state index is 0.0167. The number of nitrogens with zero attached hydrogens (tertiary/aromatic N) is 1. The van der Waals surface area contributed by atoms with E-state index in [1.807, 2.05) is 25.1 Å². The second-order valence-electron chi connectivity index (χ2n) is 10.8. The van der Waals surface area contributed by atoms with Crippen molar-refractivity contribution in [3.63, 3.8) is 0 Å². The van der Waals surface area contributed by atoms with Crippen molar-refractivity contribution >= 4 is 17.4 Å². The summed E-state index contributed by atoms with van der Waals surface area (Å²) in [4.78, 5) is 28.6. The summed E-state index contributed by atoms with van der Waals surface area (Å²) in [7, 11) is 1.55. The van der Waals surface area contributed by atoms with Crippen molar-refractivity contribution in [3.05, 3.63) is 88.5 Å². The van der Waals surface area contributed by atoms with Crippen LogP contribution in [0.1, 0.15) is 56.0 Å². The number of carbonyl (C=O) groups is 2. The van der Waals surface area contributed by atoms with E-state index in [0.29, 0.717) is 40.7 Å². The molecule has 2 heterocycles. The number of ether oxygens (including phenoxy) is 4. The number of hydrogen-bond donors (Lipinski definition) is 1. The van der Waals surface area contributed by atoms with Gasteiger partial charge in [0.25, 0.3) is 11.7 Å². The Morgan fingerprint density at radius 2 is 1.80 bits per heavy atom. The predicted molar refractivity (Wildman–Crippen MR) is 150 cm³/mol. The smallest absolute Gasteiger partial charge is 0.295 e. The molecule has 3 aromatic rings. The van der Waals surface area contributed by atoms with Crippen molar-refractivity contribution < 1.29 is 33.6 Å². The molecule has 1 saturated heterocycles. The molecule has 40 heavy (non-hydrogen) atoms. The van der Waals surface area contributed by atoms with Gasteiger partial charge in [-0.15, -0.1) is 0 Å². The SMILES string of the molecule is CCOc1ccc(/C(O)=C2\C(=O)C(=O)N(Cc3ccc4c(c3)OCO4)C2c2cccc(OC)c2)cc1C(C)(C)C. The van der Waals surface area contributed by atoms with E-state index in [1.165, 1.54) is 4.90 Å². The summed E-state index contributed by atoms with van der Waals surface area (Å²) in [5, 5.41) is 11.7. The van der Waals surface area contributed by atoms with Crippen LogP contribution in [0.5, 0.6) is 23.0 Å². The van der Waals surface area contributed by atoms with E-state index >= 15 is 0 Å². The summed E-state index contributed by atoms with van der Waals surface area (Å²) < 4.78 is 22.2. The number of likely N-dealkylation sites (tertiary alicyclic amines) is 1. The lowest BCUT2D eigenvalue weighted by atomic mass is 9.84. The third-order valence-corrected chi connectivity index (χ3v) is 7.10. The topological polar surface area (TPSA) is 94.5 Å². The van der Waals surface area contributed by atoms with Crippen LogP contribution in [-0.4, -0.2) is 42.2 Å². The van der Waals surface area contributed by atoms with Crippen LogP contribution in [0.25, 0.3) is 5.76 Å². The van der Waals surface area contributed by atoms with Crippen LogP contribution < -0.4 is 18.9 Å². The first kappa shape index (κ1) is 27.1. The number of fused-ring (bicyclic) bond motifs is 1. The molecule has 2 aliphatic rings. The van der Waals surface area contributed by atoms with Gasteiger partial charge in [0.15, 0.2) is 11.5 Å². The van der Waals surface area contributed by atoms with Crippen LogP contribution in [-0.2, 0) is 21.5 Å². The third kappa shape index (κ3) is 4.97. The summed E-state index contributed by atoms with van der Waals surface area (Å²) >= 11 is 0. The van der Waals surface area contributed by atoms with Gasteiger partial charge in [-0.1, -0.05) is 39.0 Å². The molecule has 0 bridgehead atoms. The Labute approximate surface area is 233 Å². The van der Waals surface area contributed by atoms with Crippen LogP contribution in [0, 0.1) is 0 Å². The van der Waals surface area contributed by atoms with E-state index in [2.05, 4.69) is 20.8 Å². The Morgan fingerprint density at radius 1 is 1.02 bits per heavy atom. The lowest BCUT2D eigenvalue weighted by molar-refractivity contribution is -0.140. The van der Waals surface area contributed by atoms with Crippen molar-refractivity contribution in [2.75, 3.05) is 20.5 Å². The first-order chi connectivity index (χ1) is 19.1. The number of hydrogen-bond acceptors (Lipinski definition) is 7. The first-order valence-electron chi connectivity index (χ1n) is 13.2. The quantitative estimate of drug-likeness (QED) is 0.231. The highest BCUT2D eigenvalue weighted by molar-refractivity contribution is 6.46. The minimum Gasteiger partial charge on any atom is -0.507 e. The zero-order valence-electron chi connectivity index (χ0n) is 23.3. The van der Waals surface area contributed by atoms with Crippen molar-refractivity contribution in [1.82, 2.24) is 4.90 Å². The highest BCUT2D eigenvalue weighted by atomic mass is 16.7. The summed E-state index contributed by atoms with van der Waals surface area (Å²) in [6.07, 6.45) is 0. The summed E-state index contributed by atoms with van der Waals surface area (Å²) in [5.74, 6) is 0.789. The monoisotopic (exact) mass is 543 g/mol. The minimum atomic E-state index is -0.842. The highest BCUT2D eigenvalue weighted by Gasteiger charge is 2.46. The Hall–Kier alpha value is -4.46. The lowest BCUT2D eigenvalue weighted by Gasteiger charge is -2.26. The van der Waals surface area contributed by atoms with Gasteiger partial charge >= 0.3 is 0 Å². The number of ketones is 1. The highest BCUT2D eigenvalue weighted by Crippen LogP contribution is 2.43. The number of methoxy groups -OCH3 is 1. The van der Waals surface area contributed by atoms with Gasteiger partial charge in [-0.3, -0.25) is 9.59 Å². The fourth-order valence-electron chi connectivity index (χ4n) is 5.14. The van der Waals surface area contributed by atoms with E-state index < -0.39 is 17.7 Å². The molecule has 208 valence electrons. The van der Waals surface area contributed by atoms with Crippen LogP contribution in [0.15, 0.2) is 66.2 Å². The standard InChI is InChI=1S/C32H33NO7/c1-6-38-24-13-11-21(16-23(24)32(2,3)4)29(34)27-28(20-8-7-9-22(15-20)37-5)33(31(36)30(27)35)17-19-10-12-25-26(14-19)40-18-39-25/h7-16,28,34H,6,17-18H2,1-5H3/b29-27+. The van der Waals surface area contributed by atoms with Crippen LogP contribution in [0.4, 0.5) is 0 Å². The molecule has 0 saturated carbocycles. The molecular weight excluding hydrogens is 510 g/mol. The van der Waals surface area contributed by atoms with Crippen molar-refractivity contribution in [2.24, 2.45) is 0 Å². The molecule has 0 spiro atoms. The largest absolute Gasteiger partial charge is 0.507 e. The van der Waals surface area contributed by atoms with Gasteiger partial charge in [-0.2, -0.15) is 0 Å². The molecule has 1 fully saturated rings. The van der Waals surface area contributed by atoms with Crippen LogP contribution in [0.3, 0.4) is 0 Å². The Balaban J connectivity index is 1.64. The zero-order valence-corrected chi connectivity index (χ0v) is 23.3. The molecule has 1 N–H and O–H groups in total. The molecule has 2 aliphatic heterocycles. The Morgan fingerprint density at radius 3 is 2.52 bits per heavy atom. The molecule has 3 aromatic carbocycles. The molecule has 8 heteroatoms. The number of benzene rings is 3. The Bertz CT molecular complexity index is 1500. The van der Waals surface area contributed by atoms with Gasteiger partial charge in [0, 0.05) is 17.7 Å². The molecule has 1 atom stereocenters. The van der Waals surface area contributed by atoms with E-state index in [4.69, 9.17) is 18.9 Å².